The van der Waals surface area contributed by atoms with Gasteiger partial charge in [-0.15, -0.1) is 0 Å². The minimum absolute atomic E-state index is 0.0103. The van der Waals surface area contributed by atoms with Gasteiger partial charge >= 0.3 is 0 Å². The van der Waals surface area contributed by atoms with Gasteiger partial charge in [0.05, 0.1) is 13.2 Å². The summed E-state index contributed by atoms with van der Waals surface area (Å²) in [5, 5.41) is 2.75. The van der Waals surface area contributed by atoms with E-state index in [9.17, 15) is 23.2 Å². The molecule has 1 spiro atoms. The summed E-state index contributed by atoms with van der Waals surface area (Å²) in [6.07, 6.45) is 0.533. The second kappa shape index (κ2) is 10.5. The Morgan fingerprint density at radius 2 is 1.74 bits per heavy atom. The zero-order chi connectivity index (χ0) is 25.0. The molecule has 0 radical (unpaired) electrons. The monoisotopic (exact) mass is 487 g/mol. The van der Waals surface area contributed by atoms with Crippen LogP contribution in [0.25, 0.3) is 0 Å². The first-order valence-electron chi connectivity index (χ1n) is 11.4. The molecule has 4 rings (SSSR count). The molecular formula is C25H27F2N3O5. The van der Waals surface area contributed by atoms with Crippen LogP contribution in [0.1, 0.15) is 33.6 Å². The van der Waals surface area contributed by atoms with Crippen molar-refractivity contribution in [2.24, 2.45) is 0 Å². The SMILES string of the molecule is COCCNC(=O)C1COC2(CCN(C(=O)c3cccc(F)c3)CC2)N1C(=O)c1ccc(F)cc1. The number of carbonyl (C=O) groups excluding carboxylic acids is 3. The first-order chi connectivity index (χ1) is 16.8. The molecule has 2 saturated heterocycles. The number of hydrogen-bond acceptors (Lipinski definition) is 5. The predicted molar refractivity (Wildman–Crippen MR) is 121 cm³/mol. The summed E-state index contributed by atoms with van der Waals surface area (Å²) in [6, 6.07) is 9.69. The van der Waals surface area contributed by atoms with Crippen molar-refractivity contribution in [2.75, 3.05) is 40.0 Å². The van der Waals surface area contributed by atoms with Gasteiger partial charge in [-0.3, -0.25) is 19.3 Å². The van der Waals surface area contributed by atoms with Crippen molar-refractivity contribution in [3.8, 4) is 0 Å². The van der Waals surface area contributed by atoms with Crippen molar-refractivity contribution < 1.29 is 32.6 Å². The van der Waals surface area contributed by atoms with Crippen molar-refractivity contribution in [1.29, 1.82) is 0 Å². The predicted octanol–water partition coefficient (Wildman–Crippen LogP) is 2.20. The summed E-state index contributed by atoms with van der Waals surface area (Å²) < 4.78 is 38.1. The van der Waals surface area contributed by atoms with Gasteiger partial charge in [0.1, 0.15) is 23.4 Å². The first-order valence-corrected chi connectivity index (χ1v) is 11.4. The van der Waals surface area contributed by atoms with E-state index in [1.165, 1.54) is 54.5 Å². The Labute approximate surface area is 201 Å². The maximum atomic E-state index is 13.6. The number of hydrogen-bond donors (Lipinski definition) is 1. The Morgan fingerprint density at radius 3 is 2.40 bits per heavy atom. The average molecular weight is 488 g/mol. The number of halogens is 2. The Balaban J connectivity index is 1.55. The molecule has 0 saturated carbocycles. The zero-order valence-electron chi connectivity index (χ0n) is 19.3. The van der Waals surface area contributed by atoms with E-state index in [1.807, 2.05) is 0 Å². The molecule has 2 aliphatic heterocycles. The van der Waals surface area contributed by atoms with Gasteiger partial charge in [0.15, 0.2) is 0 Å². The van der Waals surface area contributed by atoms with Gasteiger partial charge in [-0.1, -0.05) is 6.07 Å². The van der Waals surface area contributed by atoms with Gasteiger partial charge in [0, 0.05) is 50.7 Å². The maximum Gasteiger partial charge on any atom is 0.256 e. The number of methoxy groups -OCH3 is 1. The molecule has 2 aromatic carbocycles. The number of carbonyl (C=O) groups is 3. The minimum atomic E-state index is -1.10. The Morgan fingerprint density at radius 1 is 1.03 bits per heavy atom. The molecule has 2 aromatic rings. The lowest BCUT2D eigenvalue weighted by atomic mass is 9.96. The van der Waals surface area contributed by atoms with E-state index in [0.29, 0.717) is 6.61 Å². The van der Waals surface area contributed by atoms with Crippen LogP contribution in [-0.2, 0) is 14.3 Å². The molecule has 10 heteroatoms. The molecule has 0 aromatic heterocycles. The van der Waals surface area contributed by atoms with E-state index in [2.05, 4.69) is 5.32 Å². The number of rotatable bonds is 6. The number of benzene rings is 2. The third kappa shape index (κ3) is 5.18. The highest BCUT2D eigenvalue weighted by atomic mass is 19.1. The van der Waals surface area contributed by atoms with Crippen LogP contribution in [0.2, 0.25) is 0 Å². The zero-order valence-corrected chi connectivity index (χ0v) is 19.3. The quantitative estimate of drug-likeness (QED) is 0.632. The van der Waals surface area contributed by atoms with Crippen LogP contribution in [0.4, 0.5) is 8.78 Å². The lowest BCUT2D eigenvalue weighted by Gasteiger charge is -2.44. The fourth-order valence-electron chi connectivity index (χ4n) is 4.56. The molecule has 3 amide bonds. The molecule has 1 unspecified atom stereocenters. The fraction of sp³-hybridized carbons (Fsp3) is 0.400. The van der Waals surface area contributed by atoms with E-state index in [-0.39, 0.29) is 62.0 Å². The summed E-state index contributed by atoms with van der Waals surface area (Å²) in [5.74, 6) is -2.14. The molecule has 8 nitrogen and oxygen atoms in total. The van der Waals surface area contributed by atoms with Crippen molar-refractivity contribution >= 4 is 17.7 Å². The lowest BCUT2D eigenvalue weighted by Crippen LogP contribution is -2.60. The van der Waals surface area contributed by atoms with Crippen LogP contribution in [0, 0.1) is 11.6 Å². The highest BCUT2D eigenvalue weighted by molar-refractivity contribution is 5.98. The van der Waals surface area contributed by atoms with E-state index < -0.39 is 29.3 Å². The number of likely N-dealkylation sites (tertiary alicyclic amines) is 1. The second-order valence-corrected chi connectivity index (χ2v) is 8.54. The summed E-state index contributed by atoms with van der Waals surface area (Å²) in [5.41, 5.74) is -0.639. The van der Waals surface area contributed by atoms with E-state index in [1.54, 1.807) is 11.0 Å². The number of piperidine rings is 1. The molecule has 35 heavy (non-hydrogen) atoms. The third-order valence-corrected chi connectivity index (χ3v) is 6.38. The average Bonchev–Trinajstić information content (AvgIpc) is 3.22. The number of nitrogens with zero attached hydrogens (tertiary/aromatic N) is 2. The van der Waals surface area contributed by atoms with E-state index in [0.717, 1.165) is 0 Å². The van der Waals surface area contributed by atoms with Gasteiger partial charge in [-0.05, 0) is 42.5 Å². The standard InChI is InChI=1S/C25H27F2N3O5/c1-34-14-11-28-22(31)21-16-35-25(30(21)24(33)17-5-7-19(26)8-6-17)9-12-29(13-10-25)23(32)18-3-2-4-20(27)15-18/h2-8,15,21H,9-14,16H2,1H3,(H,28,31). The van der Waals surface area contributed by atoms with Crippen molar-refractivity contribution in [3.05, 3.63) is 71.3 Å². The van der Waals surface area contributed by atoms with Gasteiger partial charge in [-0.2, -0.15) is 0 Å². The normalized spacial score (nSPS) is 19.1. The third-order valence-electron chi connectivity index (χ3n) is 6.38. The molecule has 2 aliphatic rings. The van der Waals surface area contributed by atoms with E-state index >= 15 is 0 Å². The molecule has 1 N–H and O–H groups in total. The largest absolute Gasteiger partial charge is 0.383 e. The molecule has 2 heterocycles. The Bertz CT molecular complexity index is 1090. The van der Waals surface area contributed by atoms with Crippen molar-refractivity contribution in [3.63, 3.8) is 0 Å². The van der Waals surface area contributed by atoms with E-state index in [4.69, 9.17) is 9.47 Å². The number of amides is 3. The van der Waals surface area contributed by atoms with Gasteiger partial charge in [0.25, 0.3) is 11.8 Å². The highest BCUT2D eigenvalue weighted by Gasteiger charge is 2.54. The highest BCUT2D eigenvalue weighted by Crippen LogP contribution is 2.38. The van der Waals surface area contributed by atoms with Gasteiger partial charge < -0.3 is 19.7 Å². The Hall–Kier alpha value is -3.37. The van der Waals surface area contributed by atoms with Crippen LogP contribution in [-0.4, -0.2) is 79.2 Å². The van der Waals surface area contributed by atoms with Crippen LogP contribution in [0.5, 0.6) is 0 Å². The first kappa shape index (κ1) is 24.7. The van der Waals surface area contributed by atoms with Crippen LogP contribution in [0.3, 0.4) is 0 Å². The number of nitrogens with one attached hydrogen (secondary N) is 1. The van der Waals surface area contributed by atoms with Crippen LogP contribution < -0.4 is 5.32 Å². The molecule has 1 atom stereocenters. The van der Waals surface area contributed by atoms with Gasteiger partial charge in [-0.25, -0.2) is 8.78 Å². The van der Waals surface area contributed by atoms with Crippen LogP contribution >= 0.6 is 0 Å². The second-order valence-electron chi connectivity index (χ2n) is 8.54. The molecule has 2 fully saturated rings. The van der Waals surface area contributed by atoms with Crippen molar-refractivity contribution in [1.82, 2.24) is 15.1 Å². The molecular weight excluding hydrogens is 460 g/mol. The number of ether oxygens (including phenoxy) is 2. The molecule has 186 valence electrons. The van der Waals surface area contributed by atoms with Gasteiger partial charge in [0.2, 0.25) is 5.91 Å². The summed E-state index contributed by atoms with van der Waals surface area (Å²) in [6.45, 7) is 1.07. The van der Waals surface area contributed by atoms with Crippen molar-refractivity contribution in [2.45, 2.75) is 24.6 Å². The topological polar surface area (TPSA) is 88.2 Å². The fourth-order valence-corrected chi connectivity index (χ4v) is 4.56. The molecule has 0 bridgehead atoms. The van der Waals surface area contributed by atoms with Crippen LogP contribution in [0.15, 0.2) is 48.5 Å². The summed E-state index contributed by atoms with van der Waals surface area (Å²) in [4.78, 5) is 42.4. The maximum absolute atomic E-state index is 13.6. The summed E-state index contributed by atoms with van der Waals surface area (Å²) in [7, 11) is 1.52. The summed E-state index contributed by atoms with van der Waals surface area (Å²) >= 11 is 0. The minimum Gasteiger partial charge on any atom is -0.383 e. The smallest absolute Gasteiger partial charge is 0.256 e. The Kier molecular flexibility index (Phi) is 7.42. The lowest BCUT2D eigenvalue weighted by molar-refractivity contribution is -0.128. The molecule has 0 aliphatic carbocycles.